The average molecular weight is 311 g/mol. The summed E-state index contributed by atoms with van der Waals surface area (Å²) in [7, 11) is -3.11. The highest BCUT2D eigenvalue weighted by Gasteiger charge is 2.27. The van der Waals surface area contributed by atoms with Crippen molar-refractivity contribution < 1.29 is 13.2 Å². The number of nitrogen functional groups attached to an aromatic ring is 1. The molecule has 2 rings (SSSR count). The number of carbonyl (C=O) groups is 1. The third kappa shape index (κ3) is 4.71. The topological polar surface area (TPSA) is 92.5 Å². The average Bonchev–Trinajstić information content (AvgIpc) is 2.77. The summed E-state index contributed by atoms with van der Waals surface area (Å²) in [6.07, 6.45) is 1.59. The van der Waals surface area contributed by atoms with E-state index in [2.05, 4.69) is 5.32 Å². The first-order valence-corrected chi connectivity index (χ1v) is 8.67. The van der Waals surface area contributed by atoms with Gasteiger partial charge in [0.15, 0.2) is 0 Å². The normalized spacial score (nSPS) is 17.7. The largest absolute Gasteiger partial charge is 0.399 e. The van der Waals surface area contributed by atoms with Crippen LogP contribution in [0.3, 0.4) is 0 Å². The molecule has 0 saturated carbocycles. The Kier molecular flexibility index (Phi) is 5.19. The summed E-state index contributed by atoms with van der Waals surface area (Å²) in [6.45, 7) is 1.34. The van der Waals surface area contributed by atoms with Gasteiger partial charge in [0.25, 0.3) is 0 Å². The van der Waals surface area contributed by atoms with Gasteiger partial charge in [-0.2, -0.15) is 0 Å². The van der Waals surface area contributed by atoms with Gasteiger partial charge in [-0.15, -0.1) is 0 Å². The zero-order chi connectivity index (χ0) is 15.3. The summed E-state index contributed by atoms with van der Waals surface area (Å²) in [5.41, 5.74) is 7.42. The van der Waals surface area contributed by atoms with E-state index in [1.807, 2.05) is 24.3 Å². The van der Waals surface area contributed by atoms with E-state index in [0.717, 1.165) is 17.7 Å². The number of rotatable bonds is 6. The Morgan fingerprint density at radius 2 is 2.00 bits per heavy atom. The van der Waals surface area contributed by atoms with Crippen LogP contribution < -0.4 is 11.1 Å². The van der Waals surface area contributed by atoms with Crippen LogP contribution in [0.4, 0.5) is 5.69 Å². The monoisotopic (exact) mass is 311 g/mol. The molecule has 116 valence electrons. The molecule has 3 N–H and O–H groups in total. The Morgan fingerprint density at radius 3 is 2.62 bits per heavy atom. The van der Waals surface area contributed by atoms with Crippen LogP contribution in [0.15, 0.2) is 24.3 Å². The lowest BCUT2D eigenvalue weighted by Gasteiger charge is -2.13. The Hall–Kier alpha value is -1.60. The fraction of sp³-hybridized carbons (Fsp3) is 0.500. The van der Waals surface area contributed by atoms with Crippen LogP contribution in [0.2, 0.25) is 0 Å². The maximum atomic E-state index is 11.7. The molecule has 6 nitrogen and oxygen atoms in total. The van der Waals surface area contributed by atoms with Gasteiger partial charge in [0.1, 0.15) is 0 Å². The van der Waals surface area contributed by atoms with Gasteiger partial charge in [0.2, 0.25) is 15.9 Å². The van der Waals surface area contributed by atoms with Gasteiger partial charge in [0, 0.05) is 31.7 Å². The molecule has 0 aromatic heterocycles. The molecule has 1 saturated heterocycles. The predicted molar refractivity (Wildman–Crippen MR) is 82.2 cm³/mol. The minimum atomic E-state index is -3.11. The van der Waals surface area contributed by atoms with E-state index in [9.17, 15) is 13.2 Å². The van der Waals surface area contributed by atoms with Crippen LogP contribution in [0.5, 0.6) is 0 Å². The second kappa shape index (κ2) is 6.91. The Balaban J connectivity index is 1.67. The molecular weight excluding hydrogens is 290 g/mol. The molecule has 1 aliphatic rings. The SMILES string of the molecule is Nc1ccc(CCNC(=O)CCN2CCCS2(=O)=O)cc1. The summed E-state index contributed by atoms with van der Waals surface area (Å²) >= 11 is 0. The molecular formula is C14H21N3O3S. The van der Waals surface area contributed by atoms with Gasteiger partial charge in [-0.1, -0.05) is 12.1 Å². The van der Waals surface area contributed by atoms with E-state index in [1.54, 1.807) is 0 Å². The molecule has 21 heavy (non-hydrogen) atoms. The van der Waals surface area contributed by atoms with Gasteiger partial charge >= 0.3 is 0 Å². The summed E-state index contributed by atoms with van der Waals surface area (Å²) < 4.78 is 24.6. The van der Waals surface area contributed by atoms with Gasteiger partial charge in [-0.05, 0) is 30.5 Å². The molecule has 0 bridgehead atoms. The van der Waals surface area contributed by atoms with E-state index >= 15 is 0 Å². The highest BCUT2D eigenvalue weighted by molar-refractivity contribution is 7.89. The van der Waals surface area contributed by atoms with Crippen molar-refractivity contribution in [2.45, 2.75) is 19.3 Å². The number of benzene rings is 1. The molecule has 0 aliphatic carbocycles. The number of anilines is 1. The van der Waals surface area contributed by atoms with Crippen molar-refractivity contribution in [2.24, 2.45) is 0 Å². The van der Waals surface area contributed by atoms with E-state index in [0.29, 0.717) is 19.5 Å². The van der Waals surface area contributed by atoms with Crippen molar-refractivity contribution >= 4 is 21.6 Å². The van der Waals surface area contributed by atoms with Crippen molar-refractivity contribution in [3.05, 3.63) is 29.8 Å². The van der Waals surface area contributed by atoms with Crippen LogP contribution in [-0.2, 0) is 21.2 Å². The van der Waals surface area contributed by atoms with E-state index in [4.69, 9.17) is 5.73 Å². The lowest BCUT2D eigenvalue weighted by Crippen LogP contribution is -2.32. The van der Waals surface area contributed by atoms with E-state index < -0.39 is 10.0 Å². The third-order valence-corrected chi connectivity index (χ3v) is 5.46. The van der Waals surface area contributed by atoms with Crippen molar-refractivity contribution in [1.82, 2.24) is 9.62 Å². The lowest BCUT2D eigenvalue weighted by molar-refractivity contribution is -0.121. The maximum Gasteiger partial charge on any atom is 0.221 e. The maximum absolute atomic E-state index is 11.7. The van der Waals surface area contributed by atoms with Gasteiger partial charge in [-0.25, -0.2) is 12.7 Å². The number of nitrogens with one attached hydrogen (secondary N) is 1. The van der Waals surface area contributed by atoms with Crippen LogP contribution in [-0.4, -0.2) is 44.0 Å². The summed E-state index contributed by atoms with van der Waals surface area (Å²) in [6, 6.07) is 7.52. The van der Waals surface area contributed by atoms with Gasteiger partial charge in [-0.3, -0.25) is 4.79 Å². The number of amides is 1. The first-order valence-electron chi connectivity index (χ1n) is 7.06. The number of sulfonamides is 1. The standard InChI is InChI=1S/C14H21N3O3S/c15-13-4-2-12(3-5-13)6-8-16-14(18)7-10-17-9-1-11-21(17,19)20/h2-5H,1,6-11,15H2,(H,16,18). The first-order chi connectivity index (χ1) is 9.97. The second-order valence-electron chi connectivity index (χ2n) is 5.16. The molecule has 1 amide bonds. The van der Waals surface area contributed by atoms with Gasteiger partial charge < -0.3 is 11.1 Å². The second-order valence-corrected chi connectivity index (χ2v) is 7.25. The highest BCUT2D eigenvalue weighted by Crippen LogP contribution is 2.13. The van der Waals surface area contributed by atoms with Crippen molar-refractivity contribution in [3.8, 4) is 0 Å². The molecule has 0 radical (unpaired) electrons. The van der Waals surface area contributed by atoms with Crippen molar-refractivity contribution in [1.29, 1.82) is 0 Å². The minimum Gasteiger partial charge on any atom is -0.399 e. The molecule has 7 heteroatoms. The van der Waals surface area contributed by atoms with Crippen molar-refractivity contribution in [2.75, 3.05) is 31.1 Å². The molecule has 1 aliphatic heterocycles. The third-order valence-electron chi connectivity index (χ3n) is 3.51. The Morgan fingerprint density at radius 1 is 1.29 bits per heavy atom. The summed E-state index contributed by atoms with van der Waals surface area (Å²) in [4.78, 5) is 11.7. The zero-order valence-corrected chi connectivity index (χ0v) is 12.7. The highest BCUT2D eigenvalue weighted by atomic mass is 32.2. The van der Waals surface area contributed by atoms with Crippen LogP contribution >= 0.6 is 0 Å². The van der Waals surface area contributed by atoms with Crippen LogP contribution in [0.1, 0.15) is 18.4 Å². The summed E-state index contributed by atoms with van der Waals surface area (Å²) in [5, 5.41) is 2.81. The first kappa shape index (κ1) is 15.8. The molecule has 0 spiro atoms. The number of hydrogen-bond acceptors (Lipinski definition) is 4. The smallest absolute Gasteiger partial charge is 0.221 e. The molecule has 1 aromatic carbocycles. The molecule has 0 atom stereocenters. The number of nitrogens with two attached hydrogens (primary N) is 1. The van der Waals surface area contributed by atoms with E-state index in [1.165, 1.54) is 4.31 Å². The lowest BCUT2D eigenvalue weighted by atomic mass is 10.1. The molecule has 1 heterocycles. The van der Waals surface area contributed by atoms with Crippen LogP contribution in [0.25, 0.3) is 0 Å². The quantitative estimate of drug-likeness (QED) is 0.742. The number of hydrogen-bond donors (Lipinski definition) is 2. The fourth-order valence-electron chi connectivity index (χ4n) is 2.29. The zero-order valence-electron chi connectivity index (χ0n) is 11.9. The Labute approximate surface area is 125 Å². The molecule has 0 unspecified atom stereocenters. The van der Waals surface area contributed by atoms with Crippen LogP contribution in [0, 0.1) is 0 Å². The van der Waals surface area contributed by atoms with Crippen molar-refractivity contribution in [3.63, 3.8) is 0 Å². The van der Waals surface area contributed by atoms with Gasteiger partial charge in [0.05, 0.1) is 5.75 Å². The fourth-order valence-corrected chi connectivity index (χ4v) is 3.82. The minimum absolute atomic E-state index is 0.118. The number of carbonyl (C=O) groups excluding carboxylic acids is 1. The molecule has 1 fully saturated rings. The van der Waals surface area contributed by atoms with E-state index in [-0.39, 0.29) is 24.6 Å². The number of nitrogens with zero attached hydrogens (tertiary/aromatic N) is 1. The summed E-state index contributed by atoms with van der Waals surface area (Å²) in [5.74, 6) is 0.0821. The Bertz CT molecular complexity index is 584. The molecule has 1 aromatic rings. The predicted octanol–water partition coefficient (Wildman–Crippen LogP) is 0.353.